The van der Waals surface area contributed by atoms with E-state index in [-0.39, 0.29) is 21.7 Å². The maximum atomic E-state index is 8.30. The van der Waals surface area contributed by atoms with Crippen LogP contribution in [0.4, 0.5) is 0 Å². The van der Waals surface area contributed by atoms with Gasteiger partial charge in [-0.3, -0.25) is 0 Å². The summed E-state index contributed by atoms with van der Waals surface area (Å²) < 4.78 is 16.6. The Morgan fingerprint density at radius 2 is 0.800 bits per heavy atom. The standard InChI is InChI=1S/2Nb.2O.Ti. The van der Waals surface area contributed by atoms with Crippen LogP contribution in [0, 0.1) is 0 Å². The molecule has 0 saturated heterocycles. The van der Waals surface area contributed by atoms with Crippen LogP contribution in [0.2, 0.25) is 0 Å². The van der Waals surface area contributed by atoms with Crippen LogP contribution < -0.4 is 0 Å². The van der Waals surface area contributed by atoms with Crippen molar-refractivity contribution in [1.82, 2.24) is 0 Å². The van der Waals surface area contributed by atoms with Crippen molar-refractivity contribution in [2.75, 3.05) is 0 Å². The number of hydrogen-bond acceptors (Lipinski definition) is 2. The van der Waals surface area contributed by atoms with Crippen LogP contribution in [0.25, 0.3) is 0 Å². The van der Waals surface area contributed by atoms with Gasteiger partial charge in [-0.2, -0.15) is 0 Å². The summed E-state index contributed by atoms with van der Waals surface area (Å²) in [5.41, 5.74) is 0. The van der Waals surface area contributed by atoms with E-state index in [1.54, 1.807) is 0 Å². The molecule has 5 heteroatoms. The molecule has 0 radical (unpaired) electrons. The van der Waals surface area contributed by atoms with Crippen LogP contribution in [0.1, 0.15) is 0 Å². The normalized spacial score (nSPS) is 1.20. The molecule has 0 spiro atoms. The second kappa shape index (κ2) is 41.4. The molecule has 0 bridgehead atoms. The summed E-state index contributed by atoms with van der Waals surface area (Å²) in [7, 11) is 0. The molecule has 0 aliphatic rings. The van der Waals surface area contributed by atoms with Gasteiger partial charge in [0.25, 0.3) is 0 Å². The van der Waals surface area contributed by atoms with Gasteiger partial charge in [0.15, 0.2) is 0 Å². The largest absolute Gasteiger partial charge is 0 e. The molecule has 0 N–H and O–H groups in total. The van der Waals surface area contributed by atoms with Crippen LogP contribution >= 0.6 is 0 Å². The average molecular weight is 266 g/mol. The zero-order valence-corrected chi connectivity index (χ0v) is 8.17. The molecule has 0 unspecified atom stereocenters. The van der Waals surface area contributed by atoms with Crippen LogP contribution in [0.3, 0.4) is 0 Å². The fourth-order valence-electron chi connectivity index (χ4n) is 0. The van der Waals surface area contributed by atoms with Gasteiger partial charge in [0.1, 0.15) is 0 Å². The van der Waals surface area contributed by atoms with E-state index in [0.717, 1.165) is 0 Å². The van der Waals surface area contributed by atoms with Gasteiger partial charge in [-0.25, -0.2) is 0 Å². The minimum Gasteiger partial charge on any atom is 0 e. The van der Waals surface area contributed by atoms with E-state index in [2.05, 4.69) is 0 Å². The van der Waals surface area contributed by atoms with Gasteiger partial charge in [-0.15, -0.1) is 0 Å². The fourth-order valence-corrected chi connectivity index (χ4v) is 0. The number of rotatable bonds is 0. The van der Waals surface area contributed by atoms with E-state index in [1.165, 1.54) is 0 Å². The summed E-state index contributed by atoms with van der Waals surface area (Å²) in [6.45, 7) is 0. The van der Waals surface area contributed by atoms with E-state index in [1.807, 2.05) is 0 Å². The van der Waals surface area contributed by atoms with Gasteiger partial charge in [0.05, 0.1) is 0 Å². The van der Waals surface area contributed by atoms with Crippen molar-refractivity contribution < 1.29 is 70.3 Å². The smallest absolute Gasteiger partial charge is 0 e. The Morgan fingerprint density at radius 1 is 0.800 bits per heavy atom. The Hall–Kier alpha value is 1.79. The van der Waals surface area contributed by atoms with Crippen molar-refractivity contribution >= 4 is 0 Å². The Kier molecular flexibility index (Phi) is 131. The van der Waals surface area contributed by atoms with E-state index >= 15 is 0 Å². The first-order valence-corrected chi connectivity index (χ1v) is 2.16. The third kappa shape index (κ3) is 25.9. The Bertz CT molecular complexity index is 9.61. The van der Waals surface area contributed by atoms with Crippen molar-refractivity contribution in [3.63, 3.8) is 0 Å². The summed E-state index contributed by atoms with van der Waals surface area (Å²) in [4.78, 5) is 0. The zero-order chi connectivity index (χ0) is 4.00. The minimum absolute atomic E-state index is 0. The SMILES string of the molecule is [O]=[Nb].[O]=[Nb].[Ti]. The molecule has 26 valence electrons. The molecule has 0 fully saturated rings. The van der Waals surface area contributed by atoms with Crippen molar-refractivity contribution in [2.24, 2.45) is 0 Å². The molecule has 5 heavy (non-hydrogen) atoms. The predicted molar refractivity (Wildman–Crippen MR) is 1.37 cm³/mol. The summed E-state index contributed by atoms with van der Waals surface area (Å²) in [5, 5.41) is 0. The van der Waals surface area contributed by atoms with Crippen LogP contribution in [0.5, 0.6) is 0 Å². The first-order valence-electron chi connectivity index (χ1n) is 0.365. The number of hydrogen-bond donors (Lipinski definition) is 0. The first kappa shape index (κ1) is 15.8. The molecule has 0 heterocycles. The second-order valence-electron chi connectivity index (χ2n) is 0. The van der Waals surface area contributed by atoms with E-state index in [9.17, 15) is 0 Å². The van der Waals surface area contributed by atoms with Crippen molar-refractivity contribution in [1.29, 1.82) is 0 Å². The van der Waals surface area contributed by atoms with E-state index < -0.39 is 0 Å². The summed E-state index contributed by atoms with van der Waals surface area (Å²) in [6.07, 6.45) is 0. The van der Waals surface area contributed by atoms with Gasteiger partial charge in [0, 0.05) is 21.7 Å². The monoisotopic (exact) mass is 266 g/mol. The third-order valence-electron chi connectivity index (χ3n) is 0. The zero-order valence-electron chi connectivity index (χ0n) is 2.21. The maximum Gasteiger partial charge on any atom is 0 e. The molecule has 0 aromatic rings. The Labute approximate surface area is 69.5 Å². The van der Waals surface area contributed by atoms with Gasteiger partial charge >= 0.3 is 48.6 Å². The van der Waals surface area contributed by atoms with Crippen molar-refractivity contribution in [3.8, 4) is 0 Å². The van der Waals surface area contributed by atoms with Gasteiger partial charge in [-0.1, -0.05) is 0 Å². The van der Waals surface area contributed by atoms with Gasteiger partial charge in [-0.05, 0) is 0 Å². The van der Waals surface area contributed by atoms with Gasteiger partial charge in [0.2, 0.25) is 0 Å². The molecule has 0 aliphatic heterocycles. The minimum atomic E-state index is 0. The summed E-state index contributed by atoms with van der Waals surface area (Å²) in [5.74, 6) is 0. The third-order valence-corrected chi connectivity index (χ3v) is 0. The topological polar surface area (TPSA) is 34.1 Å². The maximum absolute atomic E-state index is 8.30. The first-order chi connectivity index (χ1) is 2.00. The molecule has 0 rings (SSSR count). The second-order valence-corrected chi connectivity index (χ2v) is 0. The Morgan fingerprint density at radius 3 is 0.800 bits per heavy atom. The van der Waals surface area contributed by atoms with Crippen LogP contribution in [-0.4, -0.2) is 0 Å². The molecule has 0 saturated carbocycles. The Balaban J connectivity index is -0.0000000133. The van der Waals surface area contributed by atoms with Crippen LogP contribution in [-0.2, 0) is 70.3 Å². The van der Waals surface area contributed by atoms with Crippen LogP contribution in [0.15, 0.2) is 0 Å². The molecule has 0 aromatic carbocycles. The molecule has 2 nitrogen and oxygen atoms in total. The average Bonchev–Trinajstić information content (AvgIpc) is 1.50. The van der Waals surface area contributed by atoms with E-state index in [0.29, 0.717) is 42.1 Å². The molecular formula is Nb2O2Ti. The van der Waals surface area contributed by atoms with E-state index in [4.69, 9.17) is 6.50 Å². The molecular weight excluding hydrogens is 266 g/mol. The molecule has 0 amide bonds. The predicted octanol–water partition coefficient (Wildman–Crippen LogP) is -0.245. The molecule has 0 aromatic heterocycles. The molecule has 0 atom stereocenters. The van der Waals surface area contributed by atoms with Crippen molar-refractivity contribution in [2.45, 2.75) is 0 Å². The summed E-state index contributed by atoms with van der Waals surface area (Å²) in [6, 6.07) is 0. The molecule has 0 aliphatic carbocycles. The summed E-state index contributed by atoms with van der Waals surface area (Å²) >= 11 is 1.00. The quantitative estimate of drug-likeness (QED) is 0.567. The fraction of sp³-hybridized carbons (Fsp3) is 0. The van der Waals surface area contributed by atoms with Crippen molar-refractivity contribution in [3.05, 3.63) is 0 Å². The van der Waals surface area contributed by atoms with Gasteiger partial charge < -0.3 is 0 Å².